The first-order valence-electron chi connectivity index (χ1n) is 6.96. The highest BCUT2D eigenvalue weighted by Gasteiger charge is 2.31. The molecule has 0 amide bonds. The third kappa shape index (κ3) is 4.21. The average molecular weight is 378 g/mol. The number of methoxy groups -OCH3 is 1. The first-order chi connectivity index (χ1) is 11.4. The van der Waals surface area contributed by atoms with Crippen LogP contribution in [0.3, 0.4) is 0 Å². The normalized spacial score (nSPS) is 13.8. The van der Waals surface area contributed by atoms with Crippen LogP contribution in [0.5, 0.6) is 23.0 Å². The molecule has 2 N–H and O–H groups in total. The second kappa shape index (κ2) is 7.28. The van der Waals surface area contributed by atoms with Crippen molar-refractivity contribution in [3.05, 3.63) is 47.5 Å². The van der Waals surface area contributed by atoms with Gasteiger partial charge in [0.1, 0.15) is 5.75 Å². The molecule has 1 aliphatic heterocycles. The van der Waals surface area contributed by atoms with Crippen LogP contribution in [-0.4, -0.2) is 20.3 Å². The van der Waals surface area contributed by atoms with E-state index in [0.29, 0.717) is 28.4 Å². The van der Waals surface area contributed by atoms with Gasteiger partial charge in [-0.1, -0.05) is 12.1 Å². The Morgan fingerprint density at radius 2 is 1.76 bits per heavy atom. The van der Waals surface area contributed by atoms with Crippen LogP contribution in [0, 0.1) is 0 Å². The second-order valence-electron chi connectivity index (χ2n) is 5.05. The monoisotopic (exact) mass is 377 g/mol. The predicted octanol–water partition coefficient (Wildman–Crippen LogP) is 3.79. The van der Waals surface area contributed by atoms with Crippen LogP contribution in [0.25, 0.3) is 0 Å². The number of hydrogen-bond acceptors (Lipinski definition) is 5. The molecule has 0 saturated carbocycles. The highest BCUT2D eigenvalue weighted by molar-refractivity contribution is 5.85. The summed E-state index contributed by atoms with van der Waals surface area (Å²) in [6, 6.07) is 8.23. The number of halogens is 4. The van der Waals surface area contributed by atoms with Gasteiger partial charge < -0.3 is 24.7 Å². The van der Waals surface area contributed by atoms with Crippen molar-refractivity contribution in [2.45, 2.75) is 12.4 Å². The maximum absolute atomic E-state index is 12.2. The fourth-order valence-electron chi connectivity index (χ4n) is 2.40. The largest absolute Gasteiger partial charge is 0.573 e. The summed E-state index contributed by atoms with van der Waals surface area (Å²) < 4.78 is 56.3. The molecule has 2 aromatic carbocycles. The number of hydrogen-bond donors (Lipinski definition) is 1. The van der Waals surface area contributed by atoms with Crippen molar-refractivity contribution in [1.29, 1.82) is 0 Å². The molecule has 0 aliphatic carbocycles. The standard InChI is InChI=1S/C16H14F3NO4.ClH/c1-21-12-6-10(7-13-15(12)23-8-22-13)14(20)9-2-4-11(5-3-9)24-16(17,18)19;/h2-7,14H,8,20H2,1H3;1H/t14-;/m1./s1. The first-order valence-corrected chi connectivity index (χ1v) is 6.96. The molecule has 9 heteroatoms. The molecule has 0 fully saturated rings. The number of ether oxygens (including phenoxy) is 4. The molecule has 0 saturated heterocycles. The van der Waals surface area contributed by atoms with Crippen molar-refractivity contribution in [2.75, 3.05) is 13.9 Å². The zero-order valence-electron chi connectivity index (χ0n) is 13.0. The summed E-state index contributed by atoms with van der Waals surface area (Å²) >= 11 is 0. The predicted molar refractivity (Wildman–Crippen MR) is 85.5 cm³/mol. The molecule has 0 unspecified atom stereocenters. The van der Waals surface area contributed by atoms with Crippen molar-refractivity contribution < 1.29 is 32.1 Å². The Balaban J connectivity index is 0.00000225. The fourth-order valence-corrected chi connectivity index (χ4v) is 2.40. The quantitative estimate of drug-likeness (QED) is 0.878. The molecule has 0 spiro atoms. The molecule has 5 nitrogen and oxygen atoms in total. The van der Waals surface area contributed by atoms with Gasteiger partial charge in [-0.2, -0.15) is 0 Å². The van der Waals surface area contributed by atoms with E-state index in [2.05, 4.69) is 4.74 Å². The molecule has 3 rings (SSSR count). The van der Waals surface area contributed by atoms with Crippen LogP contribution >= 0.6 is 12.4 Å². The van der Waals surface area contributed by atoms with Crippen LogP contribution in [-0.2, 0) is 0 Å². The van der Waals surface area contributed by atoms with Crippen molar-refractivity contribution >= 4 is 12.4 Å². The van der Waals surface area contributed by atoms with Gasteiger partial charge in [-0.25, -0.2) is 0 Å². The molecular formula is C16H15ClF3NO4. The lowest BCUT2D eigenvalue weighted by atomic mass is 9.99. The van der Waals surface area contributed by atoms with Crippen molar-refractivity contribution in [3.8, 4) is 23.0 Å². The van der Waals surface area contributed by atoms with Gasteiger partial charge in [-0.3, -0.25) is 0 Å². The highest BCUT2D eigenvalue weighted by atomic mass is 35.5. The van der Waals surface area contributed by atoms with Crippen LogP contribution in [0.1, 0.15) is 17.2 Å². The molecule has 25 heavy (non-hydrogen) atoms. The number of rotatable bonds is 4. The topological polar surface area (TPSA) is 62.9 Å². The van der Waals surface area contributed by atoms with E-state index in [1.165, 1.54) is 31.4 Å². The van der Waals surface area contributed by atoms with Gasteiger partial charge >= 0.3 is 6.36 Å². The Kier molecular flexibility index (Phi) is 5.54. The molecular weight excluding hydrogens is 363 g/mol. The van der Waals surface area contributed by atoms with E-state index in [9.17, 15) is 13.2 Å². The minimum atomic E-state index is -4.73. The van der Waals surface area contributed by atoms with E-state index in [1.54, 1.807) is 12.1 Å². The summed E-state index contributed by atoms with van der Waals surface area (Å²) in [4.78, 5) is 0. The molecule has 1 atom stereocenters. The Labute approximate surface area is 147 Å². The lowest BCUT2D eigenvalue weighted by Gasteiger charge is -2.16. The van der Waals surface area contributed by atoms with E-state index in [-0.39, 0.29) is 24.9 Å². The second-order valence-corrected chi connectivity index (χ2v) is 5.05. The number of benzene rings is 2. The average Bonchev–Trinajstić information content (AvgIpc) is 3.01. The van der Waals surface area contributed by atoms with Crippen molar-refractivity contribution in [1.82, 2.24) is 0 Å². The van der Waals surface area contributed by atoms with E-state index in [0.717, 1.165) is 0 Å². The van der Waals surface area contributed by atoms with Gasteiger partial charge in [0.05, 0.1) is 13.2 Å². The molecule has 2 aromatic rings. The smallest absolute Gasteiger partial charge is 0.493 e. The summed E-state index contributed by atoms with van der Waals surface area (Å²) in [5, 5.41) is 0. The fraction of sp³-hybridized carbons (Fsp3) is 0.250. The maximum atomic E-state index is 12.2. The van der Waals surface area contributed by atoms with Gasteiger partial charge in [-0.15, -0.1) is 25.6 Å². The van der Waals surface area contributed by atoms with E-state index in [1.807, 2.05) is 0 Å². The minimum absolute atomic E-state index is 0. The SMILES string of the molecule is COc1cc([C@H](N)c2ccc(OC(F)(F)F)cc2)cc2c1OCO2.Cl. The summed E-state index contributed by atoms with van der Waals surface area (Å²) in [5.41, 5.74) is 7.49. The zero-order valence-corrected chi connectivity index (χ0v) is 13.8. The summed E-state index contributed by atoms with van der Waals surface area (Å²) in [5.74, 6) is 1.19. The van der Waals surface area contributed by atoms with Crippen LogP contribution in [0.4, 0.5) is 13.2 Å². The van der Waals surface area contributed by atoms with E-state index in [4.69, 9.17) is 19.9 Å². The lowest BCUT2D eigenvalue weighted by Crippen LogP contribution is -2.17. The summed E-state index contributed by atoms with van der Waals surface area (Å²) in [7, 11) is 1.50. The summed E-state index contributed by atoms with van der Waals surface area (Å²) in [6.07, 6.45) is -4.73. The Hall–Kier alpha value is -2.32. The number of fused-ring (bicyclic) bond motifs is 1. The first kappa shape index (κ1) is 19.0. The molecule has 0 bridgehead atoms. The lowest BCUT2D eigenvalue weighted by molar-refractivity contribution is -0.274. The molecule has 0 aromatic heterocycles. The Morgan fingerprint density at radius 3 is 2.36 bits per heavy atom. The summed E-state index contributed by atoms with van der Waals surface area (Å²) in [6.45, 7) is 0.0911. The molecule has 0 radical (unpaired) electrons. The highest BCUT2D eigenvalue weighted by Crippen LogP contribution is 2.43. The van der Waals surface area contributed by atoms with Crippen molar-refractivity contribution in [2.24, 2.45) is 5.73 Å². The Morgan fingerprint density at radius 1 is 1.08 bits per heavy atom. The van der Waals surface area contributed by atoms with Gasteiger partial charge in [0.15, 0.2) is 11.5 Å². The van der Waals surface area contributed by atoms with Crippen LogP contribution < -0.4 is 24.7 Å². The van der Waals surface area contributed by atoms with Crippen LogP contribution in [0.2, 0.25) is 0 Å². The number of nitrogens with two attached hydrogens (primary N) is 1. The minimum Gasteiger partial charge on any atom is -0.493 e. The number of alkyl halides is 3. The van der Waals surface area contributed by atoms with Crippen molar-refractivity contribution in [3.63, 3.8) is 0 Å². The Bertz CT molecular complexity index is 737. The maximum Gasteiger partial charge on any atom is 0.573 e. The van der Waals surface area contributed by atoms with Gasteiger partial charge in [0.2, 0.25) is 12.5 Å². The van der Waals surface area contributed by atoms with Gasteiger partial charge in [0.25, 0.3) is 0 Å². The van der Waals surface area contributed by atoms with E-state index >= 15 is 0 Å². The van der Waals surface area contributed by atoms with Crippen LogP contribution in [0.15, 0.2) is 36.4 Å². The zero-order chi connectivity index (χ0) is 17.3. The molecule has 136 valence electrons. The van der Waals surface area contributed by atoms with Gasteiger partial charge in [-0.05, 0) is 35.4 Å². The van der Waals surface area contributed by atoms with E-state index < -0.39 is 12.4 Å². The molecule has 1 aliphatic rings. The third-order valence-electron chi connectivity index (χ3n) is 3.51. The third-order valence-corrected chi connectivity index (χ3v) is 3.51. The van der Waals surface area contributed by atoms with Gasteiger partial charge in [0, 0.05) is 0 Å². The molecule has 1 heterocycles.